The van der Waals surface area contributed by atoms with E-state index < -0.39 is 0 Å². The van der Waals surface area contributed by atoms with Gasteiger partial charge in [0, 0.05) is 12.6 Å². The highest BCUT2D eigenvalue weighted by atomic mass is 16.5. The molecule has 0 saturated carbocycles. The van der Waals surface area contributed by atoms with Crippen molar-refractivity contribution in [2.75, 3.05) is 13.2 Å². The smallest absolute Gasteiger partial charge is 0.257 e. The van der Waals surface area contributed by atoms with Crippen LogP contribution in [0, 0.1) is 25.2 Å². The SMILES string of the molecule is Cc1cc(CC(C)N)cc(C)c1OCC(=O)NCCC#N. The maximum atomic E-state index is 11.6. The lowest BCUT2D eigenvalue weighted by Gasteiger charge is -2.15. The van der Waals surface area contributed by atoms with Gasteiger partial charge in [-0.05, 0) is 43.9 Å². The fourth-order valence-electron chi connectivity index (χ4n) is 2.20. The Morgan fingerprint density at radius 3 is 2.57 bits per heavy atom. The third kappa shape index (κ3) is 5.84. The van der Waals surface area contributed by atoms with E-state index >= 15 is 0 Å². The van der Waals surface area contributed by atoms with Crippen LogP contribution in [0.5, 0.6) is 5.75 Å². The molecule has 1 aromatic rings. The molecule has 0 aliphatic carbocycles. The minimum atomic E-state index is -0.219. The number of nitrogens with two attached hydrogens (primary N) is 1. The first-order valence-electron chi connectivity index (χ1n) is 7.06. The van der Waals surface area contributed by atoms with E-state index in [1.807, 2.05) is 39.0 Å². The monoisotopic (exact) mass is 289 g/mol. The van der Waals surface area contributed by atoms with Crippen LogP contribution in [0.1, 0.15) is 30.0 Å². The molecule has 1 amide bonds. The number of ether oxygens (including phenoxy) is 1. The average molecular weight is 289 g/mol. The number of nitrogens with one attached hydrogen (secondary N) is 1. The highest BCUT2D eigenvalue weighted by Gasteiger charge is 2.10. The summed E-state index contributed by atoms with van der Waals surface area (Å²) >= 11 is 0. The molecule has 1 rings (SSSR count). The van der Waals surface area contributed by atoms with Gasteiger partial charge in [0.2, 0.25) is 0 Å². The molecule has 1 aromatic carbocycles. The predicted molar refractivity (Wildman–Crippen MR) is 82.0 cm³/mol. The van der Waals surface area contributed by atoms with Crippen molar-refractivity contribution in [3.05, 3.63) is 28.8 Å². The fraction of sp³-hybridized carbons (Fsp3) is 0.500. The number of amides is 1. The lowest BCUT2D eigenvalue weighted by atomic mass is 10.0. The van der Waals surface area contributed by atoms with E-state index in [9.17, 15) is 4.79 Å². The molecular weight excluding hydrogens is 266 g/mol. The number of nitriles is 1. The molecule has 5 heteroatoms. The van der Waals surface area contributed by atoms with E-state index in [1.165, 1.54) is 5.56 Å². The van der Waals surface area contributed by atoms with Crippen molar-refractivity contribution < 1.29 is 9.53 Å². The second-order valence-corrected chi connectivity index (χ2v) is 5.29. The van der Waals surface area contributed by atoms with Crippen molar-refractivity contribution in [2.24, 2.45) is 5.73 Å². The third-order valence-corrected chi connectivity index (χ3v) is 2.98. The summed E-state index contributed by atoms with van der Waals surface area (Å²) < 4.78 is 5.59. The zero-order valence-electron chi connectivity index (χ0n) is 12.9. The van der Waals surface area contributed by atoms with E-state index in [0.29, 0.717) is 13.0 Å². The molecule has 1 atom stereocenters. The van der Waals surface area contributed by atoms with Crippen molar-refractivity contribution >= 4 is 5.91 Å². The Kier molecular flexibility index (Phi) is 6.70. The molecule has 0 aliphatic rings. The van der Waals surface area contributed by atoms with Crippen LogP contribution in [0.25, 0.3) is 0 Å². The van der Waals surface area contributed by atoms with Crippen LogP contribution in [0.4, 0.5) is 0 Å². The normalized spacial score (nSPS) is 11.6. The third-order valence-electron chi connectivity index (χ3n) is 2.98. The van der Waals surface area contributed by atoms with Crippen molar-refractivity contribution in [2.45, 2.75) is 39.7 Å². The molecule has 0 bridgehead atoms. The van der Waals surface area contributed by atoms with Gasteiger partial charge in [0.05, 0.1) is 12.5 Å². The van der Waals surface area contributed by atoms with Crippen molar-refractivity contribution in [1.29, 1.82) is 5.26 Å². The summed E-state index contributed by atoms with van der Waals surface area (Å²) in [5, 5.41) is 11.0. The van der Waals surface area contributed by atoms with Gasteiger partial charge in [-0.3, -0.25) is 4.79 Å². The van der Waals surface area contributed by atoms with Crippen molar-refractivity contribution in [1.82, 2.24) is 5.32 Å². The first-order valence-corrected chi connectivity index (χ1v) is 7.06. The predicted octanol–water partition coefficient (Wildman–Crippen LogP) is 1.60. The Labute approximate surface area is 126 Å². The minimum absolute atomic E-state index is 0.0419. The number of nitrogens with zero attached hydrogens (tertiary/aromatic N) is 1. The average Bonchev–Trinajstić information content (AvgIpc) is 2.37. The quantitative estimate of drug-likeness (QED) is 0.746. The van der Waals surface area contributed by atoms with Crippen LogP contribution in [-0.2, 0) is 11.2 Å². The first-order chi connectivity index (χ1) is 9.93. The van der Waals surface area contributed by atoms with Crippen LogP contribution < -0.4 is 15.8 Å². The zero-order chi connectivity index (χ0) is 15.8. The molecule has 5 nitrogen and oxygen atoms in total. The van der Waals surface area contributed by atoms with Crippen LogP contribution in [0.3, 0.4) is 0 Å². The lowest BCUT2D eigenvalue weighted by Crippen LogP contribution is -2.29. The number of carbonyl (C=O) groups is 1. The zero-order valence-corrected chi connectivity index (χ0v) is 12.9. The van der Waals surface area contributed by atoms with Crippen LogP contribution in [-0.4, -0.2) is 25.1 Å². The molecule has 21 heavy (non-hydrogen) atoms. The summed E-state index contributed by atoms with van der Waals surface area (Å²) in [5.41, 5.74) is 8.98. The summed E-state index contributed by atoms with van der Waals surface area (Å²) in [7, 11) is 0. The van der Waals surface area contributed by atoms with Crippen molar-refractivity contribution in [3.8, 4) is 11.8 Å². The number of carbonyl (C=O) groups excluding carboxylic acids is 1. The Bertz CT molecular complexity index is 510. The second-order valence-electron chi connectivity index (χ2n) is 5.29. The van der Waals surface area contributed by atoms with Gasteiger partial charge in [-0.1, -0.05) is 12.1 Å². The number of hydrogen-bond acceptors (Lipinski definition) is 4. The Morgan fingerprint density at radius 1 is 1.43 bits per heavy atom. The van der Waals surface area contributed by atoms with Crippen molar-refractivity contribution in [3.63, 3.8) is 0 Å². The topological polar surface area (TPSA) is 88.1 Å². The maximum Gasteiger partial charge on any atom is 0.257 e. The number of hydrogen-bond donors (Lipinski definition) is 2. The van der Waals surface area contributed by atoms with Gasteiger partial charge < -0.3 is 15.8 Å². The molecule has 1 unspecified atom stereocenters. The largest absolute Gasteiger partial charge is 0.483 e. The first kappa shape index (κ1) is 17.0. The fourth-order valence-corrected chi connectivity index (χ4v) is 2.20. The van der Waals surface area contributed by atoms with E-state index in [4.69, 9.17) is 15.7 Å². The van der Waals surface area contributed by atoms with E-state index in [0.717, 1.165) is 23.3 Å². The molecule has 0 aliphatic heterocycles. The molecule has 3 N–H and O–H groups in total. The van der Waals surface area contributed by atoms with E-state index in [-0.39, 0.29) is 18.6 Å². The molecule has 0 fully saturated rings. The van der Waals surface area contributed by atoms with Gasteiger partial charge in [-0.25, -0.2) is 0 Å². The van der Waals surface area contributed by atoms with Gasteiger partial charge in [0.1, 0.15) is 5.75 Å². The number of benzene rings is 1. The van der Waals surface area contributed by atoms with Gasteiger partial charge in [-0.2, -0.15) is 5.26 Å². The molecule has 114 valence electrons. The summed E-state index contributed by atoms with van der Waals surface area (Å²) in [5.74, 6) is 0.516. The maximum absolute atomic E-state index is 11.6. The van der Waals surface area contributed by atoms with Crippen LogP contribution in [0.15, 0.2) is 12.1 Å². The highest BCUT2D eigenvalue weighted by molar-refractivity contribution is 5.77. The molecule has 0 spiro atoms. The number of rotatable bonds is 7. The second kappa shape index (κ2) is 8.28. The van der Waals surface area contributed by atoms with Crippen LogP contribution >= 0.6 is 0 Å². The minimum Gasteiger partial charge on any atom is -0.483 e. The molecular formula is C16H23N3O2. The Hall–Kier alpha value is -2.06. The molecule has 0 radical (unpaired) electrons. The van der Waals surface area contributed by atoms with E-state index in [2.05, 4.69) is 5.32 Å². The lowest BCUT2D eigenvalue weighted by molar-refractivity contribution is -0.123. The Balaban J connectivity index is 2.63. The molecule has 0 aromatic heterocycles. The summed E-state index contributed by atoms with van der Waals surface area (Å²) in [4.78, 5) is 11.6. The van der Waals surface area contributed by atoms with Gasteiger partial charge >= 0.3 is 0 Å². The van der Waals surface area contributed by atoms with Gasteiger partial charge in [-0.15, -0.1) is 0 Å². The van der Waals surface area contributed by atoms with Gasteiger partial charge in [0.25, 0.3) is 5.91 Å². The standard InChI is InChI=1S/C16H23N3O2/c1-11-7-14(9-13(3)18)8-12(2)16(11)21-10-15(20)19-6-4-5-17/h7-8,13H,4,6,9-10,18H2,1-3H3,(H,19,20). The van der Waals surface area contributed by atoms with Crippen LogP contribution in [0.2, 0.25) is 0 Å². The summed E-state index contributed by atoms with van der Waals surface area (Å²) in [6, 6.07) is 6.17. The summed E-state index contributed by atoms with van der Waals surface area (Å²) in [6.45, 7) is 6.20. The highest BCUT2D eigenvalue weighted by Crippen LogP contribution is 2.25. The molecule has 0 heterocycles. The van der Waals surface area contributed by atoms with E-state index in [1.54, 1.807) is 0 Å². The Morgan fingerprint density at radius 2 is 2.05 bits per heavy atom. The summed E-state index contributed by atoms with van der Waals surface area (Å²) in [6.07, 6.45) is 1.12. The number of aryl methyl sites for hydroxylation is 2. The molecule has 0 saturated heterocycles. The van der Waals surface area contributed by atoms with Gasteiger partial charge in [0.15, 0.2) is 6.61 Å².